The van der Waals surface area contributed by atoms with Crippen LogP contribution < -0.4 is 4.90 Å². The fourth-order valence-electron chi connectivity index (χ4n) is 2.89. The maximum Gasteiger partial charge on any atom is 0.128 e. The highest BCUT2D eigenvalue weighted by atomic mass is 15.4. The van der Waals surface area contributed by atoms with Gasteiger partial charge in [0.2, 0.25) is 0 Å². The molecule has 0 amide bonds. The van der Waals surface area contributed by atoms with Crippen molar-refractivity contribution in [1.29, 1.82) is 0 Å². The normalized spacial score (nSPS) is 22.4. The SMILES string of the molecule is Cc1ccnc(N2CCC(n3cc(C4CC4)nn3)C2)c1. The molecule has 1 atom stereocenters. The zero-order valence-electron chi connectivity index (χ0n) is 11.7. The molecule has 1 saturated carbocycles. The van der Waals surface area contributed by atoms with Gasteiger partial charge in [0, 0.05) is 31.4 Å². The van der Waals surface area contributed by atoms with Gasteiger partial charge in [-0.3, -0.25) is 0 Å². The Kier molecular flexibility index (Phi) is 2.72. The molecular weight excluding hydrogens is 250 g/mol. The molecule has 104 valence electrons. The summed E-state index contributed by atoms with van der Waals surface area (Å²) in [5.74, 6) is 1.76. The molecule has 0 spiro atoms. The molecule has 0 N–H and O–H groups in total. The third-order valence-electron chi connectivity index (χ3n) is 4.29. The van der Waals surface area contributed by atoms with Gasteiger partial charge in [-0.1, -0.05) is 5.21 Å². The Labute approximate surface area is 118 Å². The van der Waals surface area contributed by atoms with Gasteiger partial charge < -0.3 is 4.90 Å². The summed E-state index contributed by atoms with van der Waals surface area (Å²) in [5, 5.41) is 8.64. The van der Waals surface area contributed by atoms with Crippen LogP contribution in [0, 0.1) is 6.92 Å². The average Bonchev–Trinajstić information content (AvgIpc) is 3.01. The summed E-state index contributed by atoms with van der Waals surface area (Å²) in [7, 11) is 0. The number of anilines is 1. The van der Waals surface area contributed by atoms with Gasteiger partial charge in [-0.05, 0) is 43.9 Å². The van der Waals surface area contributed by atoms with Crippen molar-refractivity contribution in [3.63, 3.8) is 0 Å². The monoisotopic (exact) mass is 269 g/mol. The smallest absolute Gasteiger partial charge is 0.128 e. The lowest BCUT2D eigenvalue weighted by atomic mass is 10.2. The standard InChI is InChI=1S/C15H19N5/c1-11-4-6-16-15(8-11)19-7-5-13(9-19)20-10-14(17-18-20)12-2-3-12/h4,6,8,10,12-13H,2-3,5,7,9H2,1H3. The van der Waals surface area contributed by atoms with Crippen LogP contribution in [0.15, 0.2) is 24.5 Å². The van der Waals surface area contributed by atoms with E-state index in [4.69, 9.17) is 0 Å². The molecule has 5 heteroatoms. The van der Waals surface area contributed by atoms with Crippen LogP contribution in [0.5, 0.6) is 0 Å². The third kappa shape index (κ3) is 2.17. The van der Waals surface area contributed by atoms with E-state index in [9.17, 15) is 0 Å². The molecule has 0 bridgehead atoms. The zero-order chi connectivity index (χ0) is 13.5. The van der Waals surface area contributed by atoms with Crippen molar-refractivity contribution in [3.8, 4) is 0 Å². The van der Waals surface area contributed by atoms with Crippen molar-refractivity contribution in [1.82, 2.24) is 20.0 Å². The van der Waals surface area contributed by atoms with Gasteiger partial charge in [-0.2, -0.15) is 0 Å². The van der Waals surface area contributed by atoms with Crippen molar-refractivity contribution in [2.75, 3.05) is 18.0 Å². The van der Waals surface area contributed by atoms with E-state index >= 15 is 0 Å². The Hall–Kier alpha value is -1.91. The minimum absolute atomic E-state index is 0.428. The summed E-state index contributed by atoms with van der Waals surface area (Å²) in [5.41, 5.74) is 2.44. The highest BCUT2D eigenvalue weighted by Crippen LogP contribution is 2.39. The van der Waals surface area contributed by atoms with E-state index in [1.54, 1.807) is 0 Å². The molecule has 1 saturated heterocycles. The molecule has 2 aromatic heterocycles. The zero-order valence-corrected chi connectivity index (χ0v) is 11.7. The van der Waals surface area contributed by atoms with Gasteiger partial charge in [-0.15, -0.1) is 5.10 Å². The molecule has 20 heavy (non-hydrogen) atoms. The van der Waals surface area contributed by atoms with Crippen molar-refractivity contribution >= 4 is 5.82 Å². The molecule has 2 aromatic rings. The summed E-state index contributed by atoms with van der Waals surface area (Å²) in [4.78, 5) is 6.82. The van der Waals surface area contributed by atoms with Crippen LogP contribution >= 0.6 is 0 Å². The molecule has 1 unspecified atom stereocenters. The number of aromatic nitrogens is 4. The second kappa shape index (κ2) is 4.58. The minimum atomic E-state index is 0.428. The Morgan fingerprint density at radius 3 is 2.95 bits per heavy atom. The molecule has 3 heterocycles. The van der Waals surface area contributed by atoms with E-state index in [1.165, 1.54) is 24.1 Å². The van der Waals surface area contributed by atoms with E-state index in [-0.39, 0.29) is 0 Å². The van der Waals surface area contributed by atoms with E-state index in [0.717, 1.165) is 25.3 Å². The summed E-state index contributed by atoms with van der Waals surface area (Å²) < 4.78 is 2.06. The molecule has 1 aliphatic carbocycles. The molecule has 0 aromatic carbocycles. The van der Waals surface area contributed by atoms with Gasteiger partial charge in [0.15, 0.2) is 0 Å². The highest BCUT2D eigenvalue weighted by Gasteiger charge is 2.30. The van der Waals surface area contributed by atoms with Gasteiger partial charge in [0.25, 0.3) is 0 Å². The first kappa shape index (κ1) is 11.9. The third-order valence-corrected chi connectivity index (χ3v) is 4.29. The van der Waals surface area contributed by atoms with Crippen LogP contribution in [0.2, 0.25) is 0 Å². The van der Waals surface area contributed by atoms with E-state index in [2.05, 4.69) is 44.1 Å². The Morgan fingerprint density at radius 2 is 2.15 bits per heavy atom. The quantitative estimate of drug-likeness (QED) is 0.858. The lowest BCUT2D eigenvalue weighted by Crippen LogP contribution is -2.22. The van der Waals surface area contributed by atoms with Crippen molar-refractivity contribution in [2.45, 2.75) is 38.1 Å². The molecule has 5 nitrogen and oxygen atoms in total. The first-order valence-electron chi connectivity index (χ1n) is 7.39. The number of hydrogen-bond acceptors (Lipinski definition) is 4. The molecule has 0 radical (unpaired) electrons. The second-order valence-corrected chi connectivity index (χ2v) is 5.98. The van der Waals surface area contributed by atoms with Gasteiger partial charge >= 0.3 is 0 Å². The predicted molar refractivity (Wildman–Crippen MR) is 76.8 cm³/mol. The molecule has 2 fully saturated rings. The Bertz CT molecular complexity index is 616. The number of aryl methyl sites for hydroxylation is 1. The summed E-state index contributed by atoms with van der Waals surface area (Å²) in [6.07, 6.45) is 7.71. The van der Waals surface area contributed by atoms with Crippen molar-refractivity contribution in [2.24, 2.45) is 0 Å². The minimum Gasteiger partial charge on any atom is -0.354 e. The van der Waals surface area contributed by atoms with E-state index in [0.29, 0.717) is 12.0 Å². The van der Waals surface area contributed by atoms with E-state index in [1.807, 2.05) is 12.3 Å². The molecule has 2 aliphatic rings. The van der Waals surface area contributed by atoms with Gasteiger partial charge in [0.05, 0.1) is 11.7 Å². The number of pyridine rings is 1. The van der Waals surface area contributed by atoms with Crippen LogP contribution in [0.25, 0.3) is 0 Å². The predicted octanol–water partition coefficient (Wildman–Crippen LogP) is 2.31. The van der Waals surface area contributed by atoms with Crippen LogP contribution in [-0.2, 0) is 0 Å². The molecule has 4 rings (SSSR count). The number of hydrogen-bond donors (Lipinski definition) is 0. The van der Waals surface area contributed by atoms with E-state index < -0.39 is 0 Å². The summed E-state index contributed by atoms with van der Waals surface area (Å²) in [6, 6.07) is 4.62. The topological polar surface area (TPSA) is 46.8 Å². The Balaban J connectivity index is 1.49. The first-order chi connectivity index (χ1) is 9.79. The van der Waals surface area contributed by atoms with Crippen LogP contribution in [0.1, 0.15) is 42.5 Å². The van der Waals surface area contributed by atoms with Crippen LogP contribution in [0.3, 0.4) is 0 Å². The average molecular weight is 269 g/mol. The lowest BCUT2D eigenvalue weighted by Gasteiger charge is -2.17. The van der Waals surface area contributed by atoms with Crippen molar-refractivity contribution in [3.05, 3.63) is 35.8 Å². The summed E-state index contributed by atoms with van der Waals surface area (Å²) >= 11 is 0. The largest absolute Gasteiger partial charge is 0.354 e. The van der Waals surface area contributed by atoms with Crippen LogP contribution in [0.4, 0.5) is 5.82 Å². The summed E-state index contributed by atoms with van der Waals surface area (Å²) in [6.45, 7) is 4.13. The highest BCUT2D eigenvalue weighted by molar-refractivity contribution is 5.41. The molecule has 1 aliphatic heterocycles. The number of nitrogens with zero attached hydrogens (tertiary/aromatic N) is 5. The van der Waals surface area contributed by atoms with Crippen molar-refractivity contribution < 1.29 is 0 Å². The Morgan fingerprint density at radius 1 is 1.25 bits per heavy atom. The van der Waals surface area contributed by atoms with Crippen LogP contribution in [-0.4, -0.2) is 33.1 Å². The number of rotatable bonds is 3. The van der Waals surface area contributed by atoms with Gasteiger partial charge in [-0.25, -0.2) is 9.67 Å². The fraction of sp³-hybridized carbons (Fsp3) is 0.533. The fourth-order valence-corrected chi connectivity index (χ4v) is 2.89. The lowest BCUT2D eigenvalue weighted by molar-refractivity contribution is 0.479. The maximum atomic E-state index is 4.47. The van der Waals surface area contributed by atoms with Gasteiger partial charge in [0.1, 0.15) is 5.82 Å². The maximum absolute atomic E-state index is 4.47. The molecular formula is C15H19N5. The second-order valence-electron chi connectivity index (χ2n) is 5.98. The first-order valence-corrected chi connectivity index (χ1v) is 7.39.